The first kappa shape index (κ1) is 20.5. The van der Waals surface area contributed by atoms with Crippen LogP contribution in [0.5, 0.6) is 0 Å². The molecule has 0 heterocycles. The van der Waals surface area contributed by atoms with Crippen molar-refractivity contribution in [1.82, 2.24) is 0 Å². The third-order valence-electron chi connectivity index (χ3n) is 2.43. The molecule has 0 aliphatic carbocycles. The molecule has 2 atom stereocenters. The van der Waals surface area contributed by atoms with Crippen LogP contribution in [-0.2, 0) is 11.3 Å². The van der Waals surface area contributed by atoms with Crippen molar-refractivity contribution in [1.29, 1.82) is 0 Å². The molecule has 0 bridgehead atoms. The Morgan fingerprint density at radius 3 is 1.95 bits per heavy atom. The van der Waals surface area contributed by atoms with Gasteiger partial charge in [-0.3, -0.25) is 0 Å². The van der Waals surface area contributed by atoms with Crippen molar-refractivity contribution >= 4 is 0 Å². The van der Waals surface area contributed by atoms with Gasteiger partial charge in [0.2, 0.25) is 0 Å². The highest BCUT2D eigenvalue weighted by molar-refractivity contribution is 5.13. The molecule has 1 aromatic rings. The van der Waals surface area contributed by atoms with Crippen LogP contribution in [0.25, 0.3) is 0 Å². The van der Waals surface area contributed by atoms with Crippen LogP contribution in [0.1, 0.15) is 59.9 Å². The van der Waals surface area contributed by atoms with E-state index in [0.29, 0.717) is 6.61 Å². The topological polar surface area (TPSA) is 35.2 Å². The van der Waals surface area contributed by atoms with Gasteiger partial charge >= 0.3 is 0 Å². The Morgan fingerprint density at radius 2 is 1.53 bits per heavy atom. The molecule has 0 aliphatic heterocycles. The normalized spacial score (nSPS) is 12.4. The zero-order chi connectivity index (χ0) is 15.1. The minimum absolute atomic E-state index is 0.125. The average Bonchev–Trinajstić information content (AvgIpc) is 2.48. The van der Waals surface area contributed by atoms with Gasteiger partial charge in [0.05, 0.1) is 12.7 Å². The van der Waals surface area contributed by atoms with Crippen molar-refractivity contribution in [3.8, 4) is 0 Å². The molecule has 0 aromatic heterocycles. The smallest absolute Gasteiger partial charge is 0.0721 e. The molecule has 0 amide bonds. The minimum Gasteiger partial charge on any atom is -0.372 e. The molecule has 0 fully saturated rings. The van der Waals surface area contributed by atoms with Gasteiger partial charge in [-0.25, -0.2) is 0 Å². The quantitative estimate of drug-likeness (QED) is 0.834. The maximum Gasteiger partial charge on any atom is 0.0721 e. The van der Waals surface area contributed by atoms with Crippen molar-refractivity contribution in [2.24, 2.45) is 5.73 Å². The second kappa shape index (κ2) is 15.2. The van der Waals surface area contributed by atoms with Crippen LogP contribution in [0.3, 0.4) is 0 Å². The number of nitrogens with two attached hydrogens (primary N) is 1. The molecule has 1 aromatic carbocycles. The number of benzene rings is 1. The molecule has 0 unspecified atom stereocenters. The van der Waals surface area contributed by atoms with Crippen LogP contribution in [-0.4, -0.2) is 12.1 Å². The summed E-state index contributed by atoms with van der Waals surface area (Å²) in [6.45, 7) is 13.0. The first-order valence-corrected chi connectivity index (χ1v) is 7.56. The predicted octanol–water partition coefficient (Wildman–Crippen LogP) is 4.77. The number of ether oxygens (including phenoxy) is 1. The zero-order valence-corrected chi connectivity index (χ0v) is 13.6. The van der Waals surface area contributed by atoms with E-state index in [4.69, 9.17) is 10.5 Å². The molecule has 0 saturated carbocycles. The fraction of sp³-hybridized carbons (Fsp3) is 0.647. The molecule has 0 radical (unpaired) electrons. The molecule has 0 aliphatic rings. The number of hydrogen-bond acceptors (Lipinski definition) is 2. The highest BCUT2D eigenvalue weighted by Crippen LogP contribution is 2.06. The molecular formula is C17H33NO. The Morgan fingerprint density at radius 1 is 1.05 bits per heavy atom. The highest BCUT2D eigenvalue weighted by Gasteiger charge is 2.10. The van der Waals surface area contributed by atoms with Crippen LogP contribution in [0, 0.1) is 0 Å². The molecule has 19 heavy (non-hydrogen) atoms. The Kier molecular flexibility index (Phi) is 16.4. The standard InChI is InChI=1S/C12H19NO.C3H8.C2H6/c1-3-12(13)10(2)14-9-11-7-5-4-6-8-11;1-3-2;1-2/h4-8,10,12H,3,9,13H2,1-2H3;3H2,1-2H3;1-2H3/t10-,12-;;/m0../s1. The van der Waals surface area contributed by atoms with Gasteiger partial charge in [-0.05, 0) is 18.9 Å². The Labute approximate surface area is 120 Å². The lowest BCUT2D eigenvalue weighted by molar-refractivity contribution is 0.0353. The second-order valence-corrected chi connectivity index (χ2v) is 4.28. The number of hydrogen-bond donors (Lipinski definition) is 1. The largest absolute Gasteiger partial charge is 0.372 e. The van der Waals surface area contributed by atoms with Gasteiger partial charge in [-0.1, -0.05) is 71.4 Å². The fourth-order valence-corrected chi connectivity index (χ4v) is 1.26. The predicted molar refractivity (Wildman–Crippen MR) is 86.3 cm³/mol. The summed E-state index contributed by atoms with van der Waals surface area (Å²) < 4.78 is 5.66. The van der Waals surface area contributed by atoms with E-state index in [1.807, 2.05) is 39.0 Å². The van der Waals surface area contributed by atoms with Crippen molar-refractivity contribution in [3.05, 3.63) is 35.9 Å². The third-order valence-corrected chi connectivity index (χ3v) is 2.43. The van der Waals surface area contributed by atoms with Gasteiger partial charge in [0.25, 0.3) is 0 Å². The fourth-order valence-electron chi connectivity index (χ4n) is 1.26. The lowest BCUT2D eigenvalue weighted by Crippen LogP contribution is -2.33. The molecule has 2 heteroatoms. The van der Waals surface area contributed by atoms with Crippen molar-refractivity contribution in [2.45, 2.75) is 73.1 Å². The van der Waals surface area contributed by atoms with Crippen molar-refractivity contribution in [2.75, 3.05) is 0 Å². The monoisotopic (exact) mass is 267 g/mol. The maximum absolute atomic E-state index is 5.86. The van der Waals surface area contributed by atoms with E-state index < -0.39 is 0 Å². The van der Waals surface area contributed by atoms with Crippen LogP contribution >= 0.6 is 0 Å². The van der Waals surface area contributed by atoms with E-state index >= 15 is 0 Å². The lowest BCUT2D eigenvalue weighted by Gasteiger charge is -2.18. The van der Waals surface area contributed by atoms with Crippen molar-refractivity contribution in [3.63, 3.8) is 0 Å². The van der Waals surface area contributed by atoms with Gasteiger partial charge in [-0.2, -0.15) is 0 Å². The number of rotatable bonds is 5. The Balaban J connectivity index is 0. The van der Waals surface area contributed by atoms with E-state index in [0.717, 1.165) is 6.42 Å². The van der Waals surface area contributed by atoms with E-state index in [-0.39, 0.29) is 12.1 Å². The Bertz CT molecular complexity index is 261. The van der Waals surface area contributed by atoms with Gasteiger partial charge in [0.15, 0.2) is 0 Å². The highest BCUT2D eigenvalue weighted by atomic mass is 16.5. The second-order valence-electron chi connectivity index (χ2n) is 4.28. The van der Waals surface area contributed by atoms with Crippen LogP contribution in [0.15, 0.2) is 30.3 Å². The van der Waals surface area contributed by atoms with Gasteiger partial charge in [0.1, 0.15) is 0 Å². The SMILES string of the molecule is CC.CCC.CC[C@H](N)[C@H](C)OCc1ccccc1. The van der Waals surface area contributed by atoms with E-state index in [1.54, 1.807) is 0 Å². The van der Waals surface area contributed by atoms with Crippen LogP contribution in [0.4, 0.5) is 0 Å². The third kappa shape index (κ3) is 11.9. The molecule has 1 rings (SSSR count). The zero-order valence-electron chi connectivity index (χ0n) is 13.6. The molecule has 0 spiro atoms. The summed E-state index contributed by atoms with van der Waals surface area (Å²) in [5.41, 5.74) is 7.05. The summed E-state index contributed by atoms with van der Waals surface area (Å²) in [5, 5.41) is 0. The van der Waals surface area contributed by atoms with Crippen LogP contribution in [0.2, 0.25) is 0 Å². The van der Waals surface area contributed by atoms with E-state index in [1.165, 1.54) is 12.0 Å². The molecular weight excluding hydrogens is 234 g/mol. The maximum atomic E-state index is 5.86. The van der Waals surface area contributed by atoms with Gasteiger partial charge in [0, 0.05) is 6.04 Å². The van der Waals surface area contributed by atoms with Gasteiger partial charge in [-0.15, -0.1) is 0 Å². The minimum atomic E-state index is 0.125. The lowest BCUT2D eigenvalue weighted by atomic mass is 10.1. The molecule has 2 nitrogen and oxygen atoms in total. The summed E-state index contributed by atoms with van der Waals surface area (Å²) in [4.78, 5) is 0. The summed E-state index contributed by atoms with van der Waals surface area (Å²) in [5.74, 6) is 0. The summed E-state index contributed by atoms with van der Waals surface area (Å²) in [7, 11) is 0. The van der Waals surface area contributed by atoms with Crippen LogP contribution < -0.4 is 5.73 Å². The van der Waals surface area contributed by atoms with E-state index in [2.05, 4.69) is 32.9 Å². The average molecular weight is 267 g/mol. The summed E-state index contributed by atoms with van der Waals surface area (Å²) in [6, 6.07) is 10.3. The summed E-state index contributed by atoms with van der Waals surface area (Å²) in [6.07, 6.45) is 2.33. The summed E-state index contributed by atoms with van der Waals surface area (Å²) >= 11 is 0. The first-order chi connectivity index (χ1) is 9.15. The van der Waals surface area contributed by atoms with Crippen molar-refractivity contribution < 1.29 is 4.74 Å². The van der Waals surface area contributed by atoms with Gasteiger partial charge < -0.3 is 10.5 Å². The Hall–Kier alpha value is -0.860. The molecule has 0 saturated heterocycles. The molecule has 112 valence electrons. The van der Waals surface area contributed by atoms with E-state index in [9.17, 15) is 0 Å². The first-order valence-electron chi connectivity index (χ1n) is 7.56. The molecule has 2 N–H and O–H groups in total.